The maximum absolute atomic E-state index is 12.4. The summed E-state index contributed by atoms with van der Waals surface area (Å²) in [6.45, 7) is -0.227. The number of hydrogen-bond acceptors (Lipinski definition) is 6. The Morgan fingerprint density at radius 3 is 2.70 bits per heavy atom. The maximum atomic E-state index is 12.4. The molecule has 0 unspecified atom stereocenters. The topological polar surface area (TPSA) is 79.5 Å². The van der Waals surface area contributed by atoms with Gasteiger partial charge in [-0.1, -0.05) is 0 Å². The third kappa shape index (κ3) is 3.44. The quantitative estimate of drug-likeness (QED) is 0.624. The van der Waals surface area contributed by atoms with Gasteiger partial charge in [-0.25, -0.2) is 13.1 Å². The van der Waals surface area contributed by atoms with Crippen molar-refractivity contribution in [2.75, 3.05) is 6.54 Å². The van der Waals surface area contributed by atoms with Crippen LogP contribution in [0.4, 0.5) is 0 Å². The highest BCUT2D eigenvalue weighted by atomic mass is 79.9. The first-order chi connectivity index (χ1) is 10.9. The van der Waals surface area contributed by atoms with Gasteiger partial charge in [-0.15, -0.1) is 11.3 Å². The number of thiophene rings is 2. The molecular formula is C14H12BrNO4S3. The second-order valence-electron chi connectivity index (χ2n) is 4.73. The number of rotatable bonds is 6. The van der Waals surface area contributed by atoms with Crippen molar-refractivity contribution in [2.45, 2.75) is 9.81 Å². The fraction of sp³-hybridized carbons (Fsp3) is 0.143. The summed E-state index contributed by atoms with van der Waals surface area (Å²) in [6.07, 6.45) is 1.44. The smallest absolute Gasteiger partial charge is 0.250 e. The van der Waals surface area contributed by atoms with Crippen molar-refractivity contribution in [3.05, 3.63) is 62.5 Å². The molecule has 9 heteroatoms. The lowest BCUT2D eigenvalue weighted by molar-refractivity contribution is 0.0623. The average Bonchev–Trinajstić information content (AvgIpc) is 3.25. The highest BCUT2D eigenvalue weighted by Crippen LogP contribution is 2.32. The molecule has 0 aromatic carbocycles. The predicted molar refractivity (Wildman–Crippen MR) is 93.2 cm³/mol. The molecule has 0 aliphatic rings. The molecular weight excluding hydrogens is 422 g/mol. The van der Waals surface area contributed by atoms with Gasteiger partial charge in [0.05, 0.1) is 16.6 Å². The van der Waals surface area contributed by atoms with Gasteiger partial charge in [0, 0.05) is 5.56 Å². The van der Waals surface area contributed by atoms with E-state index < -0.39 is 15.6 Å². The van der Waals surface area contributed by atoms with Gasteiger partial charge in [0.15, 0.2) is 5.60 Å². The zero-order chi connectivity index (χ0) is 16.5. The molecule has 122 valence electrons. The van der Waals surface area contributed by atoms with E-state index in [4.69, 9.17) is 4.42 Å². The molecule has 3 heterocycles. The number of furan rings is 1. The van der Waals surface area contributed by atoms with Crippen molar-refractivity contribution in [3.63, 3.8) is 0 Å². The summed E-state index contributed by atoms with van der Waals surface area (Å²) >= 11 is 5.76. The first kappa shape index (κ1) is 16.9. The summed E-state index contributed by atoms with van der Waals surface area (Å²) in [6, 6.07) is 8.18. The fourth-order valence-electron chi connectivity index (χ4n) is 2.06. The Labute approximate surface area is 149 Å². The molecule has 3 aromatic rings. The molecule has 0 spiro atoms. The minimum absolute atomic E-state index is 0.177. The second-order valence-corrected chi connectivity index (χ2v) is 9.97. The van der Waals surface area contributed by atoms with Crippen LogP contribution in [0.1, 0.15) is 11.3 Å². The number of aliphatic hydroxyl groups is 1. The Morgan fingerprint density at radius 2 is 2.13 bits per heavy atom. The molecule has 0 radical (unpaired) electrons. The van der Waals surface area contributed by atoms with E-state index in [1.165, 1.54) is 23.7 Å². The fourth-order valence-corrected chi connectivity index (χ4v) is 5.90. The third-order valence-electron chi connectivity index (χ3n) is 3.26. The first-order valence-corrected chi connectivity index (χ1v) is 10.5. The zero-order valence-corrected chi connectivity index (χ0v) is 15.6. The highest BCUT2D eigenvalue weighted by Gasteiger charge is 2.36. The van der Waals surface area contributed by atoms with Crippen LogP contribution in [0, 0.1) is 0 Å². The molecule has 23 heavy (non-hydrogen) atoms. The Morgan fingerprint density at radius 1 is 1.30 bits per heavy atom. The molecule has 0 aliphatic carbocycles. The summed E-state index contributed by atoms with van der Waals surface area (Å²) in [5.74, 6) is 0.283. The van der Waals surface area contributed by atoms with E-state index in [0.717, 1.165) is 15.1 Å². The van der Waals surface area contributed by atoms with Gasteiger partial charge in [0.1, 0.15) is 9.97 Å². The van der Waals surface area contributed by atoms with Crippen LogP contribution in [0.3, 0.4) is 0 Å². The lowest BCUT2D eigenvalue weighted by atomic mass is 9.94. The number of sulfonamides is 1. The van der Waals surface area contributed by atoms with Crippen molar-refractivity contribution >= 4 is 48.6 Å². The molecule has 3 rings (SSSR count). The Bertz CT molecular complexity index is 835. The van der Waals surface area contributed by atoms with Crippen molar-refractivity contribution in [3.8, 4) is 0 Å². The number of halogens is 1. The standard InChI is InChI=1S/C14H12BrNO4S3/c15-12-3-4-13(22-12)23(18,19)16-9-14(17,10-5-7-21-8-10)11-2-1-6-20-11/h1-8,16-17H,9H2/t14-/m1/s1. The van der Waals surface area contributed by atoms with Gasteiger partial charge in [-0.3, -0.25) is 0 Å². The summed E-state index contributed by atoms with van der Waals surface area (Å²) in [7, 11) is -3.71. The summed E-state index contributed by atoms with van der Waals surface area (Å²) < 4.78 is 33.4. The molecule has 1 atom stereocenters. The van der Waals surface area contributed by atoms with Gasteiger partial charge >= 0.3 is 0 Å². The van der Waals surface area contributed by atoms with Crippen LogP contribution in [0.15, 0.2) is 59.8 Å². The first-order valence-electron chi connectivity index (χ1n) is 6.46. The Hall–Kier alpha value is -0.970. The molecule has 0 aliphatic heterocycles. The minimum Gasteiger partial charge on any atom is -0.466 e. The van der Waals surface area contributed by atoms with E-state index in [2.05, 4.69) is 20.7 Å². The van der Waals surface area contributed by atoms with Gasteiger partial charge in [-0.05, 0) is 57.0 Å². The highest BCUT2D eigenvalue weighted by molar-refractivity contribution is 9.11. The van der Waals surface area contributed by atoms with Crippen molar-refractivity contribution in [2.24, 2.45) is 0 Å². The van der Waals surface area contributed by atoms with E-state index in [1.807, 2.05) is 5.38 Å². The summed E-state index contributed by atoms with van der Waals surface area (Å²) in [4.78, 5) is 0. The van der Waals surface area contributed by atoms with E-state index in [0.29, 0.717) is 5.56 Å². The summed E-state index contributed by atoms with van der Waals surface area (Å²) in [5.41, 5.74) is -0.988. The van der Waals surface area contributed by atoms with Gasteiger partial charge in [0.25, 0.3) is 0 Å². The van der Waals surface area contributed by atoms with E-state index in [1.54, 1.807) is 29.6 Å². The van der Waals surface area contributed by atoms with Gasteiger partial charge in [0.2, 0.25) is 10.0 Å². The number of hydrogen-bond donors (Lipinski definition) is 2. The van der Waals surface area contributed by atoms with Crippen LogP contribution < -0.4 is 4.72 Å². The largest absolute Gasteiger partial charge is 0.466 e. The molecule has 5 nitrogen and oxygen atoms in total. The molecule has 2 N–H and O–H groups in total. The molecule has 3 aromatic heterocycles. The predicted octanol–water partition coefficient (Wildman–Crippen LogP) is 3.38. The van der Waals surface area contributed by atoms with Crippen LogP contribution in [0.5, 0.6) is 0 Å². The average molecular weight is 434 g/mol. The maximum Gasteiger partial charge on any atom is 0.250 e. The molecule has 0 amide bonds. The van der Waals surface area contributed by atoms with Gasteiger partial charge < -0.3 is 9.52 Å². The minimum atomic E-state index is -3.71. The van der Waals surface area contributed by atoms with E-state index in [9.17, 15) is 13.5 Å². The summed E-state index contributed by atoms with van der Waals surface area (Å²) in [5, 5.41) is 14.6. The van der Waals surface area contributed by atoms with Crippen LogP contribution in [-0.4, -0.2) is 20.1 Å². The Kier molecular flexibility index (Phi) is 4.77. The van der Waals surface area contributed by atoms with Crippen molar-refractivity contribution in [1.29, 1.82) is 0 Å². The van der Waals surface area contributed by atoms with E-state index in [-0.39, 0.29) is 16.5 Å². The van der Waals surface area contributed by atoms with Crippen LogP contribution >= 0.6 is 38.6 Å². The SMILES string of the molecule is O=S(=O)(NC[C@@](O)(c1ccsc1)c1ccco1)c1ccc(Br)s1. The monoisotopic (exact) mass is 433 g/mol. The molecule has 0 saturated carbocycles. The van der Waals surface area contributed by atoms with Crippen LogP contribution in [-0.2, 0) is 15.6 Å². The van der Waals surface area contributed by atoms with Crippen molar-refractivity contribution < 1.29 is 17.9 Å². The molecule has 0 saturated heterocycles. The van der Waals surface area contributed by atoms with Crippen LogP contribution in [0.25, 0.3) is 0 Å². The lowest BCUT2D eigenvalue weighted by Gasteiger charge is -2.25. The number of nitrogens with one attached hydrogen (secondary N) is 1. The molecule has 0 fully saturated rings. The van der Waals surface area contributed by atoms with Crippen LogP contribution in [0.2, 0.25) is 0 Å². The molecule has 0 bridgehead atoms. The lowest BCUT2D eigenvalue weighted by Crippen LogP contribution is -2.41. The van der Waals surface area contributed by atoms with Crippen molar-refractivity contribution in [1.82, 2.24) is 4.72 Å². The Balaban J connectivity index is 1.89. The third-order valence-corrected chi connectivity index (χ3v) is 7.46. The van der Waals surface area contributed by atoms with Gasteiger partial charge in [-0.2, -0.15) is 11.3 Å². The zero-order valence-electron chi connectivity index (χ0n) is 11.6. The van der Waals surface area contributed by atoms with E-state index >= 15 is 0 Å². The second kappa shape index (κ2) is 6.50. The normalized spacial score (nSPS) is 14.7.